The zero-order valence-corrected chi connectivity index (χ0v) is 17.8. The number of aliphatic hydroxyl groups is 2. The summed E-state index contributed by atoms with van der Waals surface area (Å²) in [6, 6.07) is 0. The summed E-state index contributed by atoms with van der Waals surface area (Å²) in [7, 11) is -3.96. The van der Waals surface area contributed by atoms with Crippen molar-refractivity contribution in [2.24, 2.45) is 0 Å². The fourth-order valence-corrected chi connectivity index (χ4v) is 3.06. The van der Waals surface area contributed by atoms with Gasteiger partial charge in [0.05, 0.1) is 43.5 Å². The summed E-state index contributed by atoms with van der Waals surface area (Å²) in [4.78, 5) is 9.06. The number of aliphatic hydroxyl groups excluding tert-OH is 2. The van der Waals surface area contributed by atoms with Crippen LogP contribution in [0.25, 0.3) is 0 Å². The van der Waals surface area contributed by atoms with Crippen molar-refractivity contribution in [1.29, 1.82) is 0 Å². The minimum atomic E-state index is -3.96. The van der Waals surface area contributed by atoms with Crippen LogP contribution in [0.2, 0.25) is 0 Å². The summed E-state index contributed by atoms with van der Waals surface area (Å²) >= 11 is -2.39. The molecule has 0 aliphatic carbocycles. The van der Waals surface area contributed by atoms with Crippen LogP contribution in [0.3, 0.4) is 0 Å². The number of piperazine rings is 1. The average Bonchev–Trinajstić information content (AvgIpc) is 2.61. The van der Waals surface area contributed by atoms with Gasteiger partial charge in [0.25, 0.3) is 10.1 Å². The lowest BCUT2D eigenvalue weighted by molar-refractivity contribution is -0.172. The molecular weight excluding hydrogens is 418 g/mol. The SMILES string of the molecule is CCON1CCN(CCOS(=O)[O-])CC1.O=S(=O)(O)CCN(CCO)CCO. The van der Waals surface area contributed by atoms with Crippen molar-refractivity contribution >= 4 is 21.5 Å². The highest BCUT2D eigenvalue weighted by atomic mass is 32.2. The van der Waals surface area contributed by atoms with Crippen LogP contribution in [-0.2, 0) is 30.5 Å². The van der Waals surface area contributed by atoms with E-state index in [0.29, 0.717) is 13.2 Å². The number of hydrogen-bond acceptors (Lipinski definition) is 11. The van der Waals surface area contributed by atoms with Gasteiger partial charge in [0.1, 0.15) is 0 Å². The van der Waals surface area contributed by atoms with Crippen LogP contribution in [0.4, 0.5) is 0 Å². The van der Waals surface area contributed by atoms with Crippen LogP contribution in [0, 0.1) is 0 Å². The molecule has 170 valence electrons. The molecule has 0 aromatic carbocycles. The van der Waals surface area contributed by atoms with Crippen molar-refractivity contribution in [2.75, 3.05) is 84.5 Å². The van der Waals surface area contributed by atoms with Gasteiger partial charge in [0.15, 0.2) is 0 Å². The zero-order valence-electron chi connectivity index (χ0n) is 16.1. The first kappa shape index (κ1) is 27.7. The minimum absolute atomic E-state index is 0.106. The van der Waals surface area contributed by atoms with Crippen molar-refractivity contribution in [1.82, 2.24) is 14.9 Å². The van der Waals surface area contributed by atoms with E-state index >= 15 is 0 Å². The summed E-state index contributed by atoms with van der Waals surface area (Å²) in [5.41, 5.74) is 0. The van der Waals surface area contributed by atoms with Gasteiger partial charge in [-0.25, -0.2) is 4.21 Å². The Bertz CT molecular complexity index is 496. The summed E-state index contributed by atoms with van der Waals surface area (Å²) in [5, 5.41) is 19.0. The van der Waals surface area contributed by atoms with E-state index in [4.69, 9.17) is 19.6 Å². The van der Waals surface area contributed by atoms with Gasteiger partial charge >= 0.3 is 0 Å². The number of rotatable bonds is 13. The van der Waals surface area contributed by atoms with E-state index in [2.05, 4.69) is 9.08 Å². The molecule has 1 heterocycles. The molecule has 3 N–H and O–H groups in total. The molecule has 14 heteroatoms. The van der Waals surface area contributed by atoms with E-state index in [0.717, 1.165) is 26.2 Å². The predicted octanol–water partition coefficient (Wildman–Crippen LogP) is -2.47. The van der Waals surface area contributed by atoms with Crippen LogP contribution < -0.4 is 0 Å². The third kappa shape index (κ3) is 16.7. The third-order valence-corrected chi connectivity index (χ3v) is 4.79. The molecule has 0 saturated carbocycles. The van der Waals surface area contributed by atoms with Crippen LogP contribution in [0.5, 0.6) is 0 Å². The quantitative estimate of drug-likeness (QED) is 0.200. The molecule has 0 bridgehead atoms. The van der Waals surface area contributed by atoms with Gasteiger partial charge in [-0.3, -0.25) is 23.4 Å². The van der Waals surface area contributed by atoms with Crippen molar-refractivity contribution in [2.45, 2.75) is 6.92 Å². The summed E-state index contributed by atoms with van der Waals surface area (Å²) in [6.07, 6.45) is 0. The summed E-state index contributed by atoms with van der Waals surface area (Å²) in [5.74, 6) is -0.382. The highest BCUT2D eigenvalue weighted by molar-refractivity contribution is 7.85. The maximum atomic E-state index is 10.3. The molecule has 28 heavy (non-hydrogen) atoms. The molecular formula is C14H32N3O9S2-. The zero-order chi connectivity index (χ0) is 21.4. The molecule has 0 radical (unpaired) electrons. The maximum Gasteiger partial charge on any atom is 0.266 e. The maximum absolute atomic E-state index is 10.3. The van der Waals surface area contributed by atoms with Gasteiger partial charge in [0.2, 0.25) is 0 Å². The van der Waals surface area contributed by atoms with Gasteiger partial charge in [0, 0.05) is 52.4 Å². The van der Waals surface area contributed by atoms with Gasteiger partial charge in [-0.05, 0) is 6.92 Å². The molecule has 0 aromatic heterocycles. The van der Waals surface area contributed by atoms with Gasteiger partial charge in [-0.15, -0.1) is 0 Å². The lowest BCUT2D eigenvalue weighted by Gasteiger charge is -2.33. The second-order valence-electron chi connectivity index (χ2n) is 5.79. The van der Waals surface area contributed by atoms with E-state index in [1.54, 1.807) is 4.90 Å². The summed E-state index contributed by atoms with van der Waals surface area (Å²) in [6.45, 7) is 7.48. The number of hydroxylamine groups is 2. The Morgan fingerprint density at radius 3 is 2.11 bits per heavy atom. The van der Waals surface area contributed by atoms with Gasteiger partial charge < -0.3 is 14.8 Å². The van der Waals surface area contributed by atoms with Crippen LogP contribution in [-0.4, -0.2) is 131 Å². The Labute approximate surface area is 169 Å². The third-order valence-electron chi connectivity index (χ3n) is 3.73. The molecule has 0 amide bonds. The molecule has 0 aromatic rings. The van der Waals surface area contributed by atoms with Crippen molar-refractivity contribution in [3.05, 3.63) is 0 Å². The standard InChI is InChI=1S/C8H18N2O4S.C6H15NO5S/c1-2-13-10-5-3-9(4-6-10)7-8-14-15(11)12;8-4-1-7(2-5-9)3-6-13(10,11)12/h2-8H2,1H3,(H,11,12);8-9H,1-6H2,(H,10,11,12)/p-1. The molecule has 1 unspecified atom stereocenters. The first-order chi connectivity index (χ1) is 13.2. The molecule has 0 spiro atoms. The van der Waals surface area contributed by atoms with Gasteiger partial charge in [-0.1, -0.05) is 0 Å². The number of hydrogen-bond donors (Lipinski definition) is 3. The Morgan fingerprint density at radius 1 is 1.11 bits per heavy atom. The Morgan fingerprint density at radius 2 is 1.68 bits per heavy atom. The van der Waals surface area contributed by atoms with Crippen molar-refractivity contribution in [3.8, 4) is 0 Å². The van der Waals surface area contributed by atoms with Crippen LogP contribution >= 0.6 is 0 Å². The van der Waals surface area contributed by atoms with Crippen LogP contribution in [0.1, 0.15) is 6.92 Å². The molecule has 1 saturated heterocycles. The topological polar surface area (TPSA) is 163 Å². The Balaban J connectivity index is 0.000000528. The van der Waals surface area contributed by atoms with E-state index in [1.165, 1.54) is 0 Å². The minimum Gasteiger partial charge on any atom is -0.750 e. The lowest BCUT2D eigenvalue weighted by atomic mass is 10.3. The highest BCUT2D eigenvalue weighted by Crippen LogP contribution is 2.01. The average molecular weight is 451 g/mol. The molecule has 1 atom stereocenters. The highest BCUT2D eigenvalue weighted by Gasteiger charge is 2.16. The predicted molar refractivity (Wildman–Crippen MR) is 102 cm³/mol. The number of nitrogens with zero attached hydrogens (tertiary/aromatic N) is 3. The Kier molecular flexibility index (Phi) is 16.4. The Hall–Kier alpha value is -0.260. The van der Waals surface area contributed by atoms with E-state index in [-0.39, 0.29) is 45.2 Å². The fraction of sp³-hybridized carbons (Fsp3) is 1.00. The molecule has 1 rings (SSSR count). The van der Waals surface area contributed by atoms with Crippen molar-refractivity contribution in [3.63, 3.8) is 0 Å². The van der Waals surface area contributed by atoms with E-state index in [1.807, 2.05) is 12.0 Å². The molecule has 1 aliphatic heterocycles. The first-order valence-corrected chi connectivity index (χ1v) is 11.5. The van der Waals surface area contributed by atoms with Crippen LogP contribution in [0.15, 0.2) is 0 Å². The molecule has 1 aliphatic rings. The second-order valence-corrected chi connectivity index (χ2v) is 8.01. The summed E-state index contributed by atoms with van der Waals surface area (Å²) < 4.78 is 53.8. The smallest absolute Gasteiger partial charge is 0.266 e. The largest absolute Gasteiger partial charge is 0.750 e. The first-order valence-electron chi connectivity index (χ1n) is 8.93. The molecule has 12 nitrogen and oxygen atoms in total. The normalized spacial score (nSPS) is 17.4. The van der Waals surface area contributed by atoms with Gasteiger partial charge in [-0.2, -0.15) is 13.5 Å². The van der Waals surface area contributed by atoms with E-state index < -0.39 is 21.5 Å². The molecule has 1 fully saturated rings. The fourth-order valence-electron chi connectivity index (χ4n) is 2.36. The second kappa shape index (κ2) is 16.5. The lowest BCUT2D eigenvalue weighted by Crippen LogP contribution is -2.47. The monoisotopic (exact) mass is 450 g/mol. The van der Waals surface area contributed by atoms with Crippen molar-refractivity contribution < 1.29 is 41.0 Å². The van der Waals surface area contributed by atoms with E-state index in [9.17, 15) is 17.2 Å².